The van der Waals surface area contributed by atoms with Crippen LogP contribution in [0.5, 0.6) is 0 Å². The molecule has 2 heteroatoms. The van der Waals surface area contributed by atoms with E-state index in [0.29, 0.717) is 0 Å². The number of fused-ring (bicyclic) bond motifs is 5. The fourth-order valence-corrected chi connectivity index (χ4v) is 2.59. The third-order valence-electron chi connectivity index (χ3n) is 3.40. The Morgan fingerprint density at radius 1 is 1.00 bits per heavy atom. The van der Waals surface area contributed by atoms with Gasteiger partial charge in [0, 0.05) is 29.1 Å². The van der Waals surface area contributed by atoms with E-state index >= 15 is 0 Å². The zero-order valence-electron chi connectivity index (χ0n) is 9.31. The Bertz CT molecular complexity index is 752. The SMILES string of the molecule is C1=NCCc2ccc3oc4ccccc4c3c21. The van der Waals surface area contributed by atoms with E-state index in [-0.39, 0.29) is 0 Å². The topological polar surface area (TPSA) is 25.5 Å². The van der Waals surface area contributed by atoms with Crippen molar-refractivity contribution in [3.63, 3.8) is 0 Å². The molecule has 2 heterocycles. The summed E-state index contributed by atoms with van der Waals surface area (Å²) < 4.78 is 5.86. The third-order valence-corrected chi connectivity index (χ3v) is 3.40. The summed E-state index contributed by atoms with van der Waals surface area (Å²) in [6, 6.07) is 12.4. The molecule has 0 bridgehead atoms. The van der Waals surface area contributed by atoms with Crippen LogP contribution in [0.3, 0.4) is 0 Å². The zero-order chi connectivity index (χ0) is 11.2. The lowest BCUT2D eigenvalue weighted by atomic mass is 9.98. The Morgan fingerprint density at radius 3 is 2.94 bits per heavy atom. The monoisotopic (exact) mass is 221 g/mol. The van der Waals surface area contributed by atoms with Gasteiger partial charge >= 0.3 is 0 Å². The average molecular weight is 221 g/mol. The van der Waals surface area contributed by atoms with Crippen LogP contribution in [0, 0.1) is 0 Å². The minimum Gasteiger partial charge on any atom is -0.456 e. The number of benzene rings is 2. The summed E-state index contributed by atoms with van der Waals surface area (Å²) in [5.74, 6) is 0. The summed E-state index contributed by atoms with van der Waals surface area (Å²) >= 11 is 0. The second kappa shape index (κ2) is 3.20. The molecule has 0 saturated heterocycles. The van der Waals surface area contributed by atoms with Gasteiger partial charge in [-0.3, -0.25) is 4.99 Å². The van der Waals surface area contributed by atoms with Crippen LogP contribution in [-0.2, 0) is 6.42 Å². The van der Waals surface area contributed by atoms with Gasteiger partial charge in [0.2, 0.25) is 0 Å². The Morgan fingerprint density at radius 2 is 1.94 bits per heavy atom. The highest BCUT2D eigenvalue weighted by Crippen LogP contribution is 2.33. The van der Waals surface area contributed by atoms with Gasteiger partial charge in [-0.25, -0.2) is 0 Å². The smallest absolute Gasteiger partial charge is 0.136 e. The second-order valence-electron chi connectivity index (χ2n) is 4.39. The molecule has 2 nitrogen and oxygen atoms in total. The number of hydrogen-bond acceptors (Lipinski definition) is 2. The molecule has 1 aliphatic rings. The highest BCUT2D eigenvalue weighted by atomic mass is 16.3. The molecule has 0 amide bonds. The number of furan rings is 1. The largest absolute Gasteiger partial charge is 0.456 e. The molecule has 0 unspecified atom stereocenters. The number of aliphatic imine (C=N–C) groups is 1. The van der Waals surface area contributed by atoms with E-state index in [0.717, 1.165) is 24.1 Å². The molecule has 1 aliphatic heterocycles. The van der Waals surface area contributed by atoms with Gasteiger partial charge in [-0.05, 0) is 24.1 Å². The molecule has 17 heavy (non-hydrogen) atoms. The van der Waals surface area contributed by atoms with Crippen LogP contribution in [0.15, 0.2) is 45.8 Å². The molecule has 4 rings (SSSR count). The first-order valence-electron chi connectivity index (χ1n) is 5.86. The second-order valence-corrected chi connectivity index (χ2v) is 4.39. The van der Waals surface area contributed by atoms with Crippen molar-refractivity contribution in [1.82, 2.24) is 0 Å². The Labute approximate surface area is 98.6 Å². The Hall–Kier alpha value is -2.09. The molecule has 0 spiro atoms. The van der Waals surface area contributed by atoms with Gasteiger partial charge in [-0.2, -0.15) is 0 Å². The summed E-state index contributed by atoms with van der Waals surface area (Å²) in [6.45, 7) is 0.897. The van der Waals surface area contributed by atoms with E-state index in [4.69, 9.17) is 4.42 Å². The quantitative estimate of drug-likeness (QED) is 0.569. The van der Waals surface area contributed by atoms with Crippen LogP contribution in [-0.4, -0.2) is 12.8 Å². The fraction of sp³-hybridized carbons (Fsp3) is 0.133. The molecule has 3 aromatic rings. The predicted octanol–water partition coefficient (Wildman–Crippen LogP) is 3.56. The molecule has 0 saturated carbocycles. The highest BCUT2D eigenvalue weighted by Gasteiger charge is 2.14. The van der Waals surface area contributed by atoms with Gasteiger partial charge in [0.15, 0.2) is 0 Å². The van der Waals surface area contributed by atoms with Crippen LogP contribution in [0.1, 0.15) is 11.1 Å². The maximum atomic E-state index is 5.86. The zero-order valence-corrected chi connectivity index (χ0v) is 9.31. The van der Waals surface area contributed by atoms with Crippen molar-refractivity contribution in [2.45, 2.75) is 6.42 Å². The van der Waals surface area contributed by atoms with Crippen molar-refractivity contribution in [3.8, 4) is 0 Å². The maximum Gasteiger partial charge on any atom is 0.136 e. The summed E-state index contributed by atoms with van der Waals surface area (Å²) in [7, 11) is 0. The number of para-hydroxylation sites is 1. The van der Waals surface area contributed by atoms with Crippen LogP contribution < -0.4 is 0 Å². The number of hydrogen-bond donors (Lipinski definition) is 0. The standard InChI is InChI=1S/C15H11NO/c1-2-4-13-11(3-1)15-12-9-16-8-7-10(12)5-6-14(15)17-13/h1-6,9H,7-8H2. The average Bonchev–Trinajstić information content (AvgIpc) is 2.77. The van der Waals surface area contributed by atoms with Crippen molar-refractivity contribution in [1.29, 1.82) is 0 Å². The van der Waals surface area contributed by atoms with E-state index in [9.17, 15) is 0 Å². The van der Waals surface area contributed by atoms with Crippen molar-refractivity contribution >= 4 is 28.2 Å². The summed E-state index contributed by atoms with van der Waals surface area (Å²) in [4.78, 5) is 4.39. The third kappa shape index (κ3) is 1.18. The maximum absolute atomic E-state index is 5.86. The van der Waals surface area contributed by atoms with E-state index in [1.807, 2.05) is 18.3 Å². The van der Waals surface area contributed by atoms with Crippen molar-refractivity contribution in [2.24, 2.45) is 4.99 Å². The molecule has 0 radical (unpaired) electrons. The van der Waals surface area contributed by atoms with E-state index in [2.05, 4.69) is 29.3 Å². The van der Waals surface area contributed by atoms with Crippen molar-refractivity contribution < 1.29 is 4.42 Å². The summed E-state index contributed by atoms with van der Waals surface area (Å²) in [6.07, 6.45) is 3.02. The van der Waals surface area contributed by atoms with Gasteiger partial charge in [-0.15, -0.1) is 0 Å². The molecule has 0 fully saturated rings. The predicted molar refractivity (Wildman–Crippen MR) is 69.9 cm³/mol. The van der Waals surface area contributed by atoms with Gasteiger partial charge in [0.1, 0.15) is 11.2 Å². The van der Waals surface area contributed by atoms with E-state index in [1.54, 1.807) is 0 Å². The molecule has 82 valence electrons. The molecular formula is C15H11NO. The molecular weight excluding hydrogens is 210 g/mol. The van der Waals surface area contributed by atoms with Crippen LogP contribution >= 0.6 is 0 Å². The first-order valence-corrected chi connectivity index (χ1v) is 5.86. The fourth-order valence-electron chi connectivity index (χ4n) is 2.59. The van der Waals surface area contributed by atoms with E-state index in [1.165, 1.54) is 21.9 Å². The Balaban J connectivity index is 2.25. The lowest BCUT2D eigenvalue weighted by molar-refractivity contribution is 0.668. The number of rotatable bonds is 0. The first kappa shape index (κ1) is 8.99. The van der Waals surface area contributed by atoms with E-state index < -0.39 is 0 Å². The van der Waals surface area contributed by atoms with Crippen LogP contribution in [0.4, 0.5) is 0 Å². The molecule has 2 aromatic carbocycles. The van der Waals surface area contributed by atoms with Crippen molar-refractivity contribution in [2.75, 3.05) is 6.54 Å². The minimum absolute atomic E-state index is 0.897. The van der Waals surface area contributed by atoms with Crippen molar-refractivity contribution in [3.05, 3.63) is 47.5 Å². The van der Waals surface area contributed by atoms with Gasteiger partial charge in [0.05, 0.1) is 0 Å². The summed E-state index contributed by atoms with van der Waals surface area (Å²) in [5.41, 5.74) is 4.52. The van der Waals surface area contributed by atoms with Crippen LogP contribution in [0.25, 0.3) is 21.9 Å². The summed E-state index contributed by atoms with van der Waals surface area (Å²) in [5, 5.41) is 2.40. The lowest BCUT2D eigenvalue weighted by Gasteiger charge is -2.10. The molecule has 0 N–H and O–H groups in total. The highest BCUT2D eigenvalue weighted by molar-refractivity contribution is 6.13. The molecule has 1 aromatic heterocycles. The molecule has 0 atom stereocenters. The normalized spacial score (nSPS) is 14.4. The van der Waals surface area contributed by atoms with Gasteiger partial charge in [-0.1, -0.05) is 24.3 Å². The number of nitrogens with zero attached hydrogens (tertiary/aromatic N) is 1. The first-order chi connectivity index (χ1) is 8.43. The van der Waals surface area contributed by atoms with Crippen LogP contribution in [0.2, 0.25) is 0 Å². The minimum atomic E-state index is 0.897. The van der Waals surface area contributed by atoms with Gasteiger partial charge < -0.3 is 4.42 Å². The lowest BCUT2D eigenvalue weighted by Crippen LogP contribution is -2.02. The Kier molecular flexibility index (Phi) is 1.69. The van der Waals surface area contributed by atoms with Gasteiger partial charge in [0.25, 0.3) is 0 Å². The molecule has 0 aliphatic carbocycles.